The van der Waals surface area contributed by atoms with Gasteiger partial charge in [0, 0.05) is 21.9 Å². The Morgan fingerprint density at radius 2 is 0.841 bits per heavy atom. The molecule has 7 rings (SSSR count). The second-order valence-electron chi connectivity index (χ2n) is 10.1. The minimum Gasteiger partial charge on any atom is -0.267 e. The van der Waals surface area contributed by atoms with E-state index in [2.05, 4.69) is 12.1 Å². The molecule has 0 amide bonds. The maximum absolute atomic E-state index is 14.1. The summed E-state index contributed by atoms with van der Waals surface area (Å²) in [6.07, 6.45) is 0. The molecule has 0 saturated carbocycles. The van der Waals surface area contributed by atoms with Crippen LogP contribution in [-0.2, 0) is 0 Å². The van der Waals surface area contributed by atoms with Gasteiger partial charge in [0.25, 0.3) is 11.1 Å². The summed E-state index contributed by atoms with van der Waals surface area (Å²) in [6, 6.07) is 39.8. The van der Waals surface area contributed by atoms with Crippen LogP contribution in [0.2, 0.25) is 0 Å². The molecule has 0 N–H and O–H groups in total. The van der Waals surface area contributed by atoms with Gasteiger partial charge in [-0.1, -0.05) is 60.7 Å². The number of rotatable bonds is 4. The van der Waals surface area contributed by atoms with Crippen molar-refractivity contribution in [2.45, 2.75) is 0 Å². The molecule has 44 heavy (non-hydrogen) atoms. The first-order valence-corrected chi connectivity index (χ1v) is 13.7. The Labute approximate surface area is 250 Å². The molecule has 7 aromatic rings. The van der Waals surface area contributed by atoms with E-state index >= 15 is 0 Å². The quantitative estimate of drug-likeness (QED) is 0.235. The van der Waals surface area contributed by atoms with Crippen molar-refractivity contribution >= 4 is 21.5 Å². The number of hydrogen-bond acceptors (Lipinski definition) is 6. The topological polar surface area (TPSA) is 117 Å². The minimum atomic E-state index is -0.374. The van der Waals surface area contributed by atoms with Gasteiger partial charge in [0.05, 0.1) is 56.8 Å². The molecule has 0 bridgehead atoms. The van der Waals surface area contributed by atoms with Crippen molar-refractivity contribution in [3.8, 4) is 46.0 Å². The van der Waals surface area contributed by atoms with Gasteiger partial charge in [-0.2, -0.15) is 30.1 Å². The molecule has 5 aromatic carbocycles. The van der Waals surface area contributed by atoms with E-state index in [4.69, 9.17) is 10.2 Å². The van der Waals surface area contributed by atoms with Crippen molar-refractivity contribution < 1.29 is 0 Å². The lowest BCUT2D eigenvalue weighted by Crippen LogP contribution is -2.24. The summed E-state index contributed by atoms with van der Waals surface area (Å²) in [5, 5.41) is 29.9. The largest absolute Gasteiger partial charge is 0.279 e. The third-order valence-corrected chi connectivity index (χ3v) is 7.49. The molecule has 0 aliphatic rings. The van der Waals surface area contributed by atoms with Gasteiger partial charge in [-0.25, -0.2) is 0 Å². The summed E-state index contributed by atoms with van der Waals surface area (Å²) in [5.41, 5.74) is 3.78. The van der Waals surface area contributed by atoms with Gasteiger partial charge in [0.15, 0.2) is 0 Å². The van der Waals surface area contributed by atoms with E-state index in [-0.39, 0.29) is 11.1 Å². The van der Waals surface area contributed by atoms with E-state index in [1.54, 1.807) is 60.7 Å². The zero-order valence-corrected chi connectivity index (χ0v) is 23.0. The zero-order chi connectivity index (χ0) is 30.2. The first-order valence-electron chi connectivity index (χ1n) is 13.7. The fourth-order valence-electron chi connectivity index (χ4n) is 5.29. The van der Waals surface area contributed by atoms with E-state index in [0.29, 0.717) is 55.4 Å². The third-order valence-electron chi connectivity index (χ3n) is 7.49. The smallest absolute Gasteiger partial charge is 0.267 e. The van der Waals surface area contributed by atoms with Crippen LogP contribution in [0.4, 0.5) is 0 Å². The Morgan fingerprint density at radius 1 is 0.477 bits per heavy atom. The number of benzene rings is 5. The van der Waals surface area contributed by atoms with Crippen LogP contribution in [0.5, 0.6) is 0 Å². The van der Waals surface area contributed by atoms with Crippen molar-refractivity contribution in [1.29, 1.82) is 10.5 Å². The van der Waals surface area contributed by atoms with Gasteiger partial charge in [-0.15, -0.1) is 0 Å². The Kier molecular flexibility index (Phi) is 6.35. The van der Waals surface area contributed by atoms with Gasteiger partial charge in [0.2, 0.25) is 0 Å². The van der Waals surface area contributed by atoms with Gasteiger partial charge in [0.1, 0.15) is 0 Å². The number of nitriles is 2. The maximum atomic E-state index is 14.1. The molecular weight excluding hydrogens is 548 g/mol. The van der Waals surface area contributed by atoms with Crippen LogP contribution in [-0.4, -0.2) is 19.6 Å². The molecule has 0 spiro atoms. The van der Waals surface area contributed by atoms with Crippen LogP contribution in [0.1, 0.15) is 11.1 Å². The van der Waals surface area contributed by atoms with Crippen molar-refractivity contribution in [1.82, 2.24) is 19.6 Å². The Balaban J connectivity index is 1.61. The van der Waals surface area contributed by atoms with Crippen molar-refractivity contribution in [3.63, 3.8) is 0 Å². The molecule has 0 unspecified atom stereocenters. The maximum Gasteiger partial charge on any atom is 0.279 e. The molecule has 8 nitrogen and oxygen atoms in total. The molecule has 0 aliphatic carbocycles. The molecule has 0 atom stereocenters. The zero-order valence-electron chi connectivity index (χ0n) is 23.0. The van der Waals surface area contributed by atoms with Crippen LogP contribution < -0.4 is 11.1 Å². The lowest BCUT2D eigenvalue weighted by molar-refractivity contribution is 0.823. The molecule has 0 radical (unpaired) electrons. The highest BCUT2D eigenvalue weighted by Gasteiger charge is 2.20. The van der Waals surface area contributed by atoms with E-state index < -0.39 is 0 Å². The predicted molar refractivity (Wildman–Crippen MR) is 169 cm³/mol. The summed E-state index contributed by atoms with van der Waals surface area (Å²) >= 11 is 0. The van der Waals surface area contributed by atoms with E-state index in [1.807, 2.05) is 60.7 Å². The van der Waals surface area contributed by atoms with Gasteiger partial charge < -0.3 is 0 Å². The van der Waals surface area contributed by atoms with E-state index in [1.165, 1.54) is 9.36 Å². The van der Waals surface area contributed by atoms with Crippen LogP contribution in [0.3, 0.4) is 0 Å². The summed E-state index contributed by atoms with van der Waals surface area (Å²) in [6.45, 7) is 0. The highest BCUT2D eigenvalue weighted by atomic mass is 16.1. The van der Waals surface area contributed by atoms with Gasteiger partial charge >= 0.3 is 0 Å². The highest BCUT2D eigenvalue weighted by molar-refractivity contribution is 6.07. The van der Waals surface area contributed by atoms with Gasteiger partial charge in [-0.3, -0.25) is 9.59 Å². The average molecular weight is 569 g/mol. The summed E-state index contributed by atoms with van der Waals surface area (Å²) in [4.78, 5) is 28.2. The van der Waals surface area contributed by atoms with E-state index in [0.717, 1.165) is 11.1 Å². The first-order chi connectivity index (χ1) is 21.6. The highest BCUT2D eigenvalue weighted by Crippen LogP contribution is 2.32. The Bertz CT molecular complexity index is 2240. The van der Waals surface area contributed by atoms with Crippen LogP contribution in [0.15, 0.2) is 131 Å². The molecule has 0 fully saturated rings. The number of fused-ring (bicyclic) bond motifs is 2. The standard InChI is InChI=1S/C36H20N6O2/c37-21-23-11-15-27(16-12-23)41-35(43)31-20-30-32(19-29(31)33(39-41)25-7-3-1-4-8-25)36(44)42(28-17-13-24(22-38)14-18-28)40-34(30)26-9-5-2-6-10-26/h1-20H. The molecule has 0 saturated heterocycles. The fraction of sp³-hybridized carbons (Fsp3) is 0. The summed E-state index contributed by atoms with van der Waals surface area (Å²) in [7, 11) is 0. The second-order valence-corrected chi connectivity index (χ2v) is 10.1. The van der Waals surface area contributed by atoms with E-state index in [9.17, 15) is 20.1 Å². The minimum absolute atomic E-state index is 0.366. The normalized spacial score (nSPS) is 10.9. The van der Waals surface area contributed by atoms with Crippen molar-refractivity contribution in [3.05, 3.63) is 153 Å². The number of aromatic nitrogens is 4. The first kappa shape index (κ1) is 26.3. The van der Waals surface area contributed by atoms with Crippen molar-refractivity contribution in [2.75, 3.05) is 0 Å². The lowest BCUT2D eigenvalue weighted by atomic mass is 9.98. The molecule has 0 aliphatic heterocycles. The molecule has 2 aromatic heterocycles. The average Bonchev–Trinajstić information content (AvgIpc) is 3.09. The fourth-order valence-corrected chi connectivity index (χ4v) is 5.29. The molecule has 206 valence electrons. The lowest BCUT2D eigenvalue weighted by Gasteiger charge is -2.15. The van der Waals surface area contributed by atoms with Crippen molar-refractivity contribution in [2.24, 2.45) is 0 Å². The summed E-state index contributed by atoms with van der Waals surface area (Å²) in [5.74, 6) is 0. The van der Waals surface area contributed by atoms with Crippen LogP contribution >= 0.6 is 0 Å². The van der Waals surface area contributed by atoms with Crippen LogP contribution in [0.25, 0.3) is 55.4 Å². The third kappa shape index (κ3) is 4.40. The molecule has 8 heteroatoms. The summed E-state index contributed by atoms with van der Waals surface area (Å²) < 4.78 is 2.65. The van der Waals surface area contributed by atoms with Gasteiger partial charge in [-0.05, 0) is 60.7 Å². The number of nitrogens with zero attached hydrogens (tertiary/aromatic N) is 6. The number of hydrogen-bond donors (Lipinski definition) is 0. The Hall–Kier alpha value is -6.64. The Morgan fingerprint density at radius 3 is 1.18 bits per heavy atom. The molecular formula is C36H20N6O2. The second kappa shape index (κ2) is 10.6. The predicted octanol–water partition coefficient (Wildman–Crippen LogP) is 6.16. The SMILES string of the molecule is N#Cc1ccc(-n2nc(-c3ccccc3)c3cc4c(=O)n(-c5ccc(C#N)cc5)nc(-c5ccccc5)c4cc3c2=O)cc1. The molecule has 2 heterocycles. The monoisotopic (exact) mass is 568 g/mol. The van der Waals surface area contributed by atoms with Crippen LogP contribution in [0, 0.1) is 22.7 Å².